The first-order valence-corrected chi connectivity index (χ1v) is 8.17. The summed E-state index contributed by atoms with van der Waals surface area (Å²) in [5.74, 6) is 3.90. The standard InChI is InChI=1S/C17H11Cl2F2N3O3/c1-8-16(15(23-27-8)14-10(18)3-2-4-11(14)19)26-17(25)24(22)13-7-9(20)5-6-12(13)21/h2-7H,22H2,1H3. The zero-order chi connectivity index (χ0) is 19.7. The number of ether oxygens (including phenoxy) is 1. The Kier molecular flexibility index (Phi) is 5.31. The van der Waals surface area contributed by atoms with E-state index < -0.39 is 23.4 Å². The summed E-state index contributed by atoms with van der Waals surface area (Å²) < 4.78 is 37.4. The molecule has 140 valence electrons. The van der Waals surface area contributed by atoms with Crippen molar-refractivity contribution in [2.75, 3.05) is 5.01 Å². The second kappa shape index (κ2) is 7.51. The van der Waals surface area contributed by atoms with E-state index in [1.165, 1.54) is 6.92 Å². The Balaban J connectivity index is 1.96. The van der Waals surface area contributed by atoms with Crippen LogP contribution in [0.25, 0.3) is 11.3 Å². The molecule has 0 aliphatic rings. The number of halogens is 4. The Morgan fingerprint density at radius 3 is 2.56 bits per heavy atom. The molecule has 1 heterocycles. The molecule has 10 heteroatoms. The van der Waals surface area contributed by atoms with Crippen molar-refractivity contribution in [1.29, 1.82) is 0 Å². The molecule has 0 radical (unpaired) electrons. The molecule has 2 N–H and O–H groups in total. The lowest BCUT2D eigenvalue weighted by Crippen LogP contribution is -2.40. The quantitative estimate of drug-likeness (QED) is 0.366. The number of hydrogen-bond acceptors (Lipinski definition) is 5. The summed E-state index contributed by atoms with van der Waals surface area (Å²) in [4.78, 5) is 12.3. The van der Waals surface area contributed by atoms with Gasteiger partial charge in [0.15, 0.2) is 11.5 Å². The van der Waals surface area contributed by atoms with Gasteiger partial charge in [-0.2, -0.15) is 0 Å². The zero-order valence-corrected chi connectivity index (χ0v) is 15.2. The van der Waals surface area contributed by atoms with E-state index in [4.69, 9.17) is 38.3 Å². The van der Waals surface area contributed by atoms with Gasteiger partial charge in [0.25, 0.3) is 0 Å². The van der Waals surface area contributed by atoms with Gasteiger partial charge in [-0.25, -0.2) is 24.4 Å². The molecule has 2 aromatic carbocycles. The highest BCUT2D eigenvalue weighted by atomic mass is 35.5. The van der Waals surface area contributed by atoms with Crippen LogP contribution in [0.4, 0.5) is 19.3 Å². The highest BCUT2D eigenvalue weighted by molar-refractivity contribution is 6.39. The van der Waals surface area contributed by atoms with Crippen molar-refractivity contribution >= 4 is 35.0 Å². The highest BCUT2D eigenvalue weighted by Crippen LogP contribution is 2.40. The van der Waals surface area contributed by atoms with Crippen molar-refractivity contribution in [3.8, 4) is 17.0 Å². The van der Waals surface area contributed by atoms with E-state index in [1.807, 2.05) is 0 Å². The van der Waals surface area contributed by atoms with Gasteiger partial charge in [-0.3, -0.25) is 0 Å². The van der Waals surface area contributed by atoms with Gasteiger partial charge in [0.1, 0.15) is 17.3 Å². The number of amides is 1. The van der Waals surface area contributed by atoms with Crippen molar-refractivity contribution in [3.05, 3.63) is 63.8 Å². The molecule has 0 fully saturated rings. The third-order valence-electron chi connectivity index (χ3n) is 3.56. The lowest BCUT2D eigenvalue weighted by molar-refractivity contribution is 0.206. The maximum absolute atomic E-state index is 13.8. The van der Waals surface area contributed by atoms with Gasteiger partial charge in [0.2, 0.25) is 5.75 Å². The fourth-order valence-electron chi connectivity index (χ4n) is 2.27. The molecule has 0 unspecified atom stereocenters. The number of nitrogens with zero attached hydrogens (tertiary/aromatic N) is 2. The van der Waals surface area contributed by atoms with Crippen LogP contribution >= 0.6 is 23.2 Å². The minimum atomic E-state index is -1.20. The molecule has 3 aromatic rings. The number of hydrogen-bond donors (Lipinski definition) is 1. The molecule has 6 nitrogen and oxygen atoms in total. The Hall–Kier alpha value is -2.68. The number of aromatic nitrogens is 1. The largest absolute Gasteiger partial charge is 0.434 e. The van der Waals surface area contributed by atoms with Gasteiger partial charge in [-0.1, -0.05) is 34.4 Å². The monoisotopic (exact) mass is 413 g/mol. The van der Waals surface area contributed by atoms with Gasteiger partial charge in [0, 0.05) is 18.6 Å². The fraction of sp³-hybridized carbons (Fsp3) is 0.0588. The number of carbonyl (C=O) groups is 1. The number of hydrazine groups is 1. The molecule has 0 aliphatic carbocycles. The maximum Gasteiger partial charge on any atom is 0.434 e. The summed E-state index contributed by atoms with van der Waals surface area (Å²) in [7, 11) is 0. The molecular formula is C17H11Cl2F2N3O3. The number of aryl methyl sites for hydroxylation is 1. The molecular weight excluding hydrogens is 403 g/mol. The van der Waals surface area contributed by atoms with Crippen LogP contribution < -0.4 is 15.6 Å². The van der Waals surface area contributed by atoms with Crippen LogP contribution in [0.15, 0.2) is 40.9 Å². The second-order valence-corrected chi connectivity index (χ2v) is 6.16. The van der Waals surface area contributed by atoms with Crippen LogP contribution in [0.1, 0.15) is 5.76 Å². The van der Waals surface area contributed by atoms with Crippen LogP contribution in [0.5, 0.6) is 5.75 Å². The Morgan fingerprint density at radius 2 is 1.89 bits per heavy atom. The second-order valence-electron chi connectivity index (χ2n) is 5.35. The smallest absolute Gasteiger partial charge is 0.403 e. The van der Waals surface area contributed by atoms with Crippen molar-refractivity contribution in [2.24, 2.45) is 5.84 Å². The summed E-state index contributed by atoms with van der Waals surface area (Å²) >= 11 is 12.3. The van der Waals surface area contributed by atoms with Crippen LogP contribution in [0.3, 0.4) is 0 Å². The van der Waals surface area contributed by atoms with Crippen molar-refractivity contribution < 1.29 is 22.8 Å². The van der Waals surface area contributed by atoms with Gasteiger partial charge >= 0.3 is 6.09 Å². The predicted octanol–water partition coefficient (Wildman–Crippen LogP) is 5.11. The minimum absolute atomic E-state index is 0.0598. The molecule has 1 amide bonds. The third-order valence-corrected chi connectivity index (χ3v) is 4.19. The SMILES string of the molecule is Cc1onc(-c2c(Cl)cccc2Cl)c1OC(=O)N(N)c1cc(F)ccc1F. The van der Waals surface area contributed by atoms with Crippen LogP contribution in [-0.4, -0.2) is 11.2 Å². The first-order chi connectivity index (χ1) is 12.8. The summed E-state index contributed by atoms with van der Waals surface area (Å²) in [6.07, 6.45) is -1.20. The average Bonchev–Trinajstić information content (AvgIpc) is 2.97. The van der Waals surface area contributed by atoms with Gasteiger partial charge in [-0.15, -0.1) is 0 Å². The minimum Gasteiger partial charge on any atom is -0.403 e. The summed E-state index contributed by atoms with van der Waals surface area (Å²) in [6, 6.07) is 7.23. The molecule has 1 aromatic heterocycles. The van der Waals surface area contributed by atoms with E-state index in [0.29, 0.717) is 5.01 Å². The average molecular weight is 414 g/mol. The first kappa shape index (κ1) is 19.1. The summed E-state index contributed by atoms with van der Waals surface area (Å²) in [6.45, 7) is 1.48. The fourth-order valence-corrected chi connectivity index (χ4v) is 2.85. The van der Waals surface area contributed by atoms with E-state index >= 15 is 0 Å². The van der Waals surface area contributed by atoms with Crippen molar-refractivity contribution in [2.45, 2.75) is 6.92 Å². The molecule has 0 aliphatic heterocycles. The van der Waals surface area contributed by atoms with Crippen LogP contribution in [-0.2, 0) is 0 Å². The van der Waals surface area contributed by atoms with E-state index in [2.05, 4.69) is 5.16 Å². The van der Waals surface area contributed by atoms with Gasteiger partial charge in [-0.05, 0) is 24.3 Å². The number of benzene rings is 2. The Morgan fingerprint density at radius 1 is 1.22 bits per heavy atom. The number of carbonyl (C=O) groups excluding carboxylic acids is 1. The van der Waals surface area contributed by atoms with Crippen LogP contribution in [0.2, 0.25) is 10.0 Å². The molecule has 27 heavy (non-hydrogen) atoms. The molecule has 0 saturated carbocycles. The molecule has 3 rings (SSSR count). The number of nitrogens with two attached hydrogens (primary N) is 1. The maximum atomic E-state index is 13.8. The zero-order valence-electron chi connectivity index (χ0n) is 13.7. The molecule has 0 atom stereocenters. The topological polar surface area (TPSA) is 81.6 Å². The number of rotatable bonds is 3. The Labute approximate surface area is 162 Å². The van der Waals surface area contributed by atoms with Crippen molar-refractivity contribution in [3.63, 3.8) is 0 Å². The summed E-state index contributed by atoms with van der Waals surface area (Å²) in [5, 5.41) is 4.62. The first-order valence-electron chi connectivity index (χ1n) is 7.42. The van der Waals surface area contributed by atoms with E-state index in [-0.39, 0.29) is 32.8 Å². The van der Waals surface area contributed by atoms with Crippen molar-refractivity contribution in [1.82, 2.24) is 5.16 Å². The summed E-state index contributed by atoms with van der Waals surface area (Å²) in [5.41, 5.74) is -0.169. The molecule has 0 spiro atoms. The van der Waals surface area contributed by atoms with E-state index in [1.54, 1.807) is 18.2 Å². The third kappa shape index (κ3) is 3.73. The Bertz CT molecular complexity index is 1010. The number of anilines is 1. The van der Waals surface area contributed by atoms with Gasteiger partial charge in [0.05, 0.1) is 10.0 Å². The molecule has 0 saturated heterocycles. The lowest BCUT2D eigenvalue weighted by atomic mass is 10.1. The van der Waals surface area contributed by atoms with Gasteiger partial charge < -0.3 is 9.26 Å². The normalized spacial score (nSPS) is 10.7. The van der Waals surface area contributed by atoms with E-state index in [9.17, 15) is 13.6 Å². The van der Waals surface area contributed by atoms with Crippen LogP contribution in [0, 0.1) is 18.6 Å². The van der Waals surface area contributed by atoms with E-state index in [0.717, 1.165) is 18.2 Å². The molecule has 0 bridgehead atoms. The lowest BCUT2D eigenvalue weighted by Gasteiger charge is -2.17. The highest BCUT2D eigenvalue weighted by Gasteiger charge is 2.26. The predicted molar refractivity (Wildman–Crippen MR) is 95.7 cm³/mol.